The van der Waals surface area contributed by atoms with Crippen LogP contribution in [0.2, 0.25) is 0 Å². The van der Waals surface area contributed by atoms with Gasteiger partial charge in [0.15, 0.2) is 0 Å². The predicted octanol–water partition coefficient (Wildman–Crippen LogP) is 3.58. The molecular formula is C8H14Br2. The Hall–Kier alpha value is 0.960. The molecule has 0 nitrogen and oxygen atoms in total. The average Bonchev–Trinajstić information content (AvgIpc) is 2.05. The van der Waals surface area contributed by atoms with Gasteiger partial charge in [0.25, 0.3) is 0 Å². The molecule has 1 aliphatic rings. The molecular weight excluding hydrogens is 256 g/mol. The molecule has 60 valence electrons. The van der Waals surface area contributed by atoms with E-state index in [9.17, 15) is 0 Å². The second-order valence-electron chi connectivity index (χ2n) is 3.21. The van der Waals surface area contributed by atoms with Crippen LogP contribution in [0.1, 0.15) is 25.7 Å². The maximum absolute atomic E-state index is 3.55. The van der Waals surface area contributed by atoms with Crippen LogP contribution in [-0.2, 0) is 0 Å². The van der Waals surface area contributed by atoms with Crippen molar-refractivity contribution in [3.05, 3.63) is 0 Å². The largest absolute Gasteiger partial charge is 0.0925 e. The smallest absolute Gasteiger partial charge is 0.00597 e. The van der Waals surface area contributed by atoms with Crippen LogP contribution >= 0.6 is 31.9 Å². The molecule has 0 N–H and O–H groups in total. The fourth-order valence-corrected chi connectivity index (χ4v) is 2.86. The van der Waals surface area contributed by atoms with Crippen molar-refractivity contribution in [2.45, 2.75) is 25.7 Å². The zero-order chi connectivity index (χ0) is 7.40. The second kappa shape index (κ2) is 4.76. The maximum atomic E-state index is 3.55. The quantitative estimate of drug-likeness (QED) is 0.673. The van der Waals surface area contributed by atoms with E-state index in [2.05, 4.69) is 31.9 Å². The summed E-state index contributed by atoms with van der Waals surface area (Å²) in [5.74, 6) is 1.91. The van der Waals surface area contributed by atoms with Crippen LogP contribution in [0.4, 0.5) is 0 Å². The third-order valence-corrected chi connectivity index (χ3v) is 4.16. The van der Waals surface area contributed by atoms with E-state index in [1.165, 1.54) is 36.3 Å². The Balaban J connectivity index is 2.25. The molecule has 0 radical (unpaired) electrons. The Morgan fingerprint density at radius 2 is 1.50 bits per heavy atom. The molecule has 2 atom stereocenters. The van der Waals surface area contributed by atoms with Crippen LogP contribution in [0.15, 0.2) is 0 Å². The van der Waals surface area contributed by atoms with E-state index in [4.69, 9.17) is 0 Å². The van der Waals surface area contributed by atoms with Gasteiger partial charge in [-0.05, 0) is 31.1 Å². The SMILES string of the molecule is BrCC1CCCC(CBr)C1. The van der Waals surface area contributed by atoms with Gasteiger partial charge in [-0.25, -0.2) is 0 Å². The summed E-state index contributed by atoms with van der Waals surface area (Å²) >= 11 is 7.10. The lowest BCUT2D eigenvalue weighted by molar-refractivity contribution is 0.311. The van der Waals surface area contributed by atoms with Gasteiger partial charge >= 0.3 is 0 Å². The van der Waals surface area contributed by atoms with E-state index in [1.54, 1.807) is 0 Å². The molecule has 1 aliphatic carbocycles. The monoisotopic (exact) mass is 268 g/mol. The van der Waals surface area contributed by atoms with Crippen LogP contribution < -0.4 is 0 Å². The number of hydrogen-bond acceptors (Lipinski definition) is 0. The highest BCUT2D eigenvalue weighted by atomic mass is 79.9. The summed E-state index contributed by atoms with van der Waals surface area (Å²) in [7, 11) is 0. The Morgan fingerprint density at radius 1 is 1.00 bits per heavy atom. The standard InChI is InChI=1S/C8H14Br2/c9-5-7-2-1-3-8(4-7)6-10/h7-8H,1-6H2. The van der Waals surface area contributed by atoms with Gasteiger partial charge in [-0.3, -0.25) is 0 Å². The molecule has 2 unspecified atom stereocenters. The fourth-order valence-electron chi connectivity index (χ4n) is 1.68. The van der Waals surface area contributed by atoms with Gasteiger partial charge in [0.1, 0.15) is 0 Å². The average molecular weight is 270 g/mol. The highest BCUT2D eigenvalue weighted by Crippen LogP contribution is 2.30. The molecule has 0 heterocycles. The Labute approximate surface area is 80.0 Å². The van der Waals surface area contributed by atoms with Gasteiger partial charge in [-0.2, -0.15) is 0 Å². The van der Waals surface area contributed by atoms with E-state index >= 15 is 0 Å². The van der Waals surface area contributed by atoms with Crippen LogP contribution in [0, 0.1) is 11.8 Å². The molecule has 1 rings (SSSR count). The van der Waals surface area contributed by atoms with Crippen molar-refractivity contribution >= 4 is 31.9 Å². The van der Waals surface area contributed by atoms with E-state index in [1.807, 2.05) is 0 Å². The van der Waals surface area contributed by atoms with Crippen molar-refractivity contribution in [1.29, 1.82) is 0 Å². The Bertz CT molecular complexity index is 83.3. The first-order chi connectivity index (χ1) is 4.86. The molecule has 0 saturated heterocycles. The van der Waals surface area contributed by atoms with Crippen molar-refractivity contribution in [3.63, 3.8) is 0 Å². The lowest BCUT2D eigenvalue weighted by Gasteiger charge is -2.26. The summed E-state index contributed by atoms with van der Waals surface area (Å²) in [4.78, 5) is 0. The number of alkyl halides is 2. The fraction of sp³-hybridized carbons (Fsp3) is 1.00. The van der Waals surface area contributed by atoms with E-state index in [-0.39, 0.29) is 0 Å². The minimum Gasteiger partial charge on any atom is -0.0925 e. The highest BCUT2D eigenvalue weighted by Gasteiger charge is 2.19. The zero-order valence-electron chi connectivity index (χ0n) is 6.15. The number of rotatable bonds is 2. The summed E-state index contributed by atoms with van der Waals surface area (Å²) in [6.07, 6.45) is 5.74. The van der Waals surface area contributed by atoms with Crippen LogP contribution in [0.5, 0.6) is 0 Å². The van der Waals surface area contributed by atoms with E-state index < -0.39 is 0 Å². The van der Waals surface area contributed by atoms with Crippen molar-refractivity contribution < 1.29 is 0 Å². The van der Waals surface area contributed by atoms with Crippen LogP contribution in [-0.4, -0.2) is 10.7 Å². The lowest BCUT2D eigenvalue weighted by atomic mass is 9.84. The second-order valence-corrected chi connectivity index (χ2v) is 4.50. The summed E-state index contributed by atoms with van der Waals surface area (Å²) in [6, 6.07) is 0. The van der Waals surface area contributed by atoms with Gasteiger partial charge in [0.2, 0.25) is 0 Å². The van der Waals surface area contributed by atoms with Crippen LogP contribution in [0.25, 0.3) is 0 Å². The molecule has 1 saturated carbocycles. The number of hydrogen-bond donors (Lipinski definition) is 0. The molecule has 1 fully saturated rings. The van der Waals surface area contributed by atoms with E-state index in [0.29, 0.717) is 0 Å². The maximum Gasteiger partial charge on any atom is 0.00597 e. The van der Waals surface area contributed by atoms with Crippen molar-refractivity contribution in [1.82, 2.24) is 0 Å². The highest BCUT2D eigenvalue weighted by molar-refractivity contribution is 9.09. The predicted molar refractivity (Wildman–Crippen MR) is 53.0 cm³/mol. The van der Waals surface area contributed by atoms with Crippen molar-refractivity contribution in [2.75, 3.05) is 10.7 Å². The van der Waals surface area contributed by atoms with Crippen LogP contribution in [0.3, 0.4) is 0 Å². The molecule has 0 amide bonds. The first kappa shape index (κ1) is 9.05. The van der Waals surface area contributed by atoms with Crippen molar-refractivity contribution in [2.24, 2.45) is 11.8 Å². The minimum absolute atomic E-state index is 0.955. The minimum atomic E-state index is 0.955. The normalized spacial score (nSPS) is 34.2. The molecule has 0 aromatic carbocycles. The van der Waals surface area contributed by atoms with Crippen molar-refractivity contribution in [3.8, 4) is 0 Å². The molecule has 2 heteroatoms. The summed E-state index contributed by atoms with van der Waals surface area (Å²) in [5.41, 5.74) is 0. The molecule has 0 bridgehead atoms. The summed E-state index contributed by atoms with van der Waals surface area (Å²) in [5, 5.41) is 2.41. The molecule has 0 spiro atoms. The van der Waals surface area contributed by atoms with Gasteiger partial charge in [-0.15, -0.1) is 0 Å². The third kappa shape index (κ3) is 2.54. The first-order valence-electron chi connectivity index (χ1n) is 3.98. The lowest BCUT2D eigenvalue weighted by Crippen LogP contribution is -2.17. The van der Waals surface area contributed by atoms with Gasteiger partial charge in [0.05, 0.1) is 0 Å². The van der Waals surface area contributed by atoms with Gasteiger partial charge in [0, 0.05) is 10.7 Å². The topological polar surface area (TPSA) is 0 Å². The third-order valence-electron chi connectivity index (χ3n) is 2.33. The van der Waals surface area contributed by atoms with E-state index in [0.717, 1.165) is 11.8 Å². The first-order valence-corrected chi connectivity index (χ1v) is 6.23. The Morgan fingerprint density at radius 3 is 1.90 bits per heavy atom. The summed E-state index contributed by atoms with van der Waals surface area (Å²) < 4.78 is 0. The van der Waals surface area contributed by atoms with Gasteiger partial charge < -0.3 is 0 Å². The molecule has 10 heavy (non-hydrogen) atoms. The molecule has 0 aromatic rings. The van der Waals surface area contributed by atoms with Gasteiger partial charge in [-0.1, -0.05) is 38.3 Å². The summed E-state index contributed by atoms with van der Waals surface area (Å²) in [6.45, 7) is 0. The molecule has 0 aromatic heterocycles. The number of halogens is 2. The zero-order valence-corrected chi connectivity index (χ0v) is 9.33. The molecule has 0 aliphatic heterocycles. The Kier molecular flexibility index (Phi) is 4.31.